The number of carbonyl (C=O) groups excluding carboxylic acids is 3. The summed E-state index contributed by atoms with van der Waals surface area (Å²) in [6.07, 6.45) is 2.49. The molecule has 0 saturated heterocycles. The third-order valence-corrected chi connectivity index (χ3v) is 5.87. The van der Waals surface area contributed by atoms with Crippen molar-refractivity contribution in [3.63, 3.8) is 0 Å². The molecule has 0 heterocycles. The molecule has 37 heavy (non-hydrogen) atoms. The number of nitrogens with zero attached hydrogens (tertiary/aromatic N) is 1. The van der Waals surface area contributed by atoms with Crippen molar-refractivity contribution in [3.05, 3.63) is 29.8 Å². The first kappa shape index (κ1) is 31.5. The summed E-state index contributed by atoms with van der Waals surface area (Å²) in [6.45, 7) is 1.65. The molecule has 4 unspecified atom stereocenters. The molecule has 0 fully saturated rings. The predicted molar refractivity (Wildman–Crippen MR) is 142 cm³/mol. The second-order valence-electron chi connectivity index (χ2n) is 8.41. The molecule has 0 radical (unpaired) electrons. The number of aliphatic carboxylic acids is 1. The molecule has 4 atom stereocenters. The number of aromatic hydroxyl groups is 1. The first-order valence-electron chi connectivity index (χ1n) is 11.7. The fourth-order valence-corrected chi connectivity index (χ4v) is 3.66. The van der Waals surface area contributed by atoms with E-state index in [1.807, 2.05) is 6.26 Å². The molecular formula is C23H37N7O6S. The van der Waals surface area contributed by atoms with Crippen LogP contribution in [0.2, 0.25) is 0 Å². The van der Waals surface area contributed by atoms with Gasteiger partial charge in [-0.1, -0.05) is 12.1 Å². The normalized spacial score (nSPS) is 13.9. The molecule has 1 aromatic carbocycles. The van der Waals surface area contributed by atoms with Gasteiger partial charge in [-0.05, 0) is 55.9 Å². The Balaban J connectivity index is 3.10. The summed E-state index contributed by atoms with van der Waals surface area (Å²) in [4.78, 5) is 54.0. The van der Waals surface area contributed by atoms with Crippen LogP contribution in [0.25, 0.3) is 0 Å². The van der Waals surface area contributed by atoms with E-state index in [9.17, 15) is 29.4 Å². The van der Waals surface area contributed by atoms with Gasteiger partial charge in [0.15, 0.2) is 5.96 Å². The van der Waals surface area contributed by atoms with Gasteiger partial charge in [0.1, 0.15) is 23.9 Å². The van der Waals surface area contributed by atoms with Gasteiger partial charge in [0, 0.05) is 13.0 Å². The molecule has 0 aliphatic heterocycles. The van der Waals surface area contributed by atoms with Crippen LogP contribution in [-0.4, -0.2) is 82.6 Å². The largest absolute Gasteiger partial charge is 0.508 e. The van der Waals surface area contributed by atoms with Crippen molar-refractivity contribution >= 4 is 41.4 Å². The number of amides is 3. The van der Waals surface area contributed by atoms with Crippen molar-refractivity contribution < 1.29 is 29.4 Å². The van der Waals surface area contributed by atoms with Crippen LogP contribution in [0.1, 0.15) is 31.7 Å². The van der Waals surface area contributed by atoms with Gasteiger partial charge in [0.2, 0.25) is 17.7 Å². The topological polar surface area (TPSA) is 235 Å². The van der Waals surface area contributed by atoms with Crippen LogP contribution in [0.4, 0.5) is 0 Å². The summed E-state index contributed by atoms with van der Waals surface area (Å²) < 4.78 is 0. The van der Waals surface area contributed by atoms with Crippen molar-refractivity contribution in [1.82, 2.24) is 16.0 Å². The molecule has 1 aromatic rings. The number of carboxylic acids is 1. The highest BCUT2D eigenvalue weighted by molar-refractivity contribution is 7.98. The van der Waals surface area contributed by atoms with Gasteiger partial charge in [0.05, 0.1) is 6.04 Å². The highest BCUT2D eigenvalue weighted by Gasteiger charge is 2.30. The van der Waals surface area contributed by atoms with Crippen LogP contribution in [0, 0.1) is 0 Å². The molecule has 0 aliphatic carbocycles. The molecule has 14 heteroatoms. The van der Waals surface area contributed by atoms with E-state index in [1.165, 1.54) is 30.8 Å². The van der Waals surface area contributed by atoms with E-state index < -0.39 is 47.9 Å². The second kappa shape index (κ2) is 16.3. The number of benzene rings is 1. The summed E-state index contributed by atoms with van der Waals surface area (Å²) in [6, 6.07) is 1.84. The van der Waals surface area contributed by atoms with E-state index >= 15 is 0 Å². The minimum absolute atomic E-state index is 0.0383. The van der Waals surface area contributed by atoms with Crippen LogP contribution in [0.5, 0.6) is 5.75 Å². The van der Waals surface area contributed by atoms with E-state index in [1.54, 1.807) is 12.1 Å². The lowest BCUT2D eigenvalue weighted by Gasteiger charge is -2.25. The maximum Gasteiger partial charge on any atom is 0.326 e. The predicted octanol–water partition coefficient (Wildman–Crippen LogP) is -1.37. The number of guanidine groups is 1. The quantitative estimate of drug-likeness (QED) is 0.0696. The van der Waals surface area contributed by atoms with Gasteiger partial charge in [0.25, 0.3) is 0 Å². The number of phenols is 1. The van der Waals surface area contributed by atoms with Gasteiger partial charge >= 0.3 is 5.97 Å². The van der Waals surface area contributed by atoms with Crippen LogP contribution in [0.15, 0.2) is 29.3 Å². The smallest absolute Gasteiger partial charge is 0.326 e. The summed E-state index contributed by atoms with van der Waals surface area (Å²) >= 11 is 1.44. The van der Waals surface area contributed by atoms with Crippen molar-refractivity contribution in [2.24, 2.45) is 22.2 Å². The number of nitrogens with one attached hydrogen (secondary N) is 3. The third-order valence-electron chi connectivity index (χ3n) is 5.23. The summed E-state index contributed by atoms with van der Waals surface area (Å²) in [5, 5.41) is 26.7. The Morgan fingerprint density at radius 2 is 1.51 bits per heavy atom. The number of nitrogens with two attached hydrogens (primary N) is 3. The molecule has 206 valence electrons. The monoisotopic (exact) mass is 539 g/mol. The molecule has 3 amide bonds. The van der Waals surface area contributed by atoms with Crippen LogP contribution < -0.4 is 33.2 Å². The number of thioether (sulfide) groups is 1. The van der Waals surface area contributed by atoms with E-state index in [2.05, 4.69) is 20.9 Å². The maximum atomic E-state index is 13.2. The van der Waals surface area contributed by atoms with Gasteiger partial charge in [-0.2, -0.15) is 11.8 Å². The van der Waals surface area contributed by atoms with Crippen LogP contribution >= 0.6 is 11.8 Å². The molecular weight excluding hydrogens is 502 g/mol. The van der Waals surface area contributed by atoms with Crippen molar-refractivity contribution in [3.8, 4) is 5.75 Å². The lowest BCUT2D eigenvalue weighted by molar-refractivity contribution is -0.142. The highest BCUT2D eigenvalue weighted by atomic mass is 32.2. The second-order valence-corrected chi connectivity index (χ2v) is 9.40. The minimum atomic E-state index is -1.19. The van der Waals surface area contributed by atoms with Crippen molar-refractivity contribution in [1.29, 1.82) is 0 Å². The maximum absolute atomic E-state index is 13.2. The molecule has 13 nitrogen and oxygen atoms in total. The zero-order chi connectivity index (χ0) is 28.0. The van der Waals surface area contributed by atoms with Gasteiger partial charge in [-0.3, -0.25) is 19.4 Å². The minimum Gasteiger partial charge on any atom is -0.508 e. The zero-order valence-corrected chi connectivity index (χ0v) is 21.8. The molecule has 1 rings (SSSR count). The standard InChI is InChI=1S/C23H37N7O6S/c1-13(24)19(32)30-18(12-14-5-7-15(31)8-6-14)21(34)28-16(4-3-10-27-23(25)26)20(33)29-17(22(35)36)9-11-37-2/h5-8,13,16-18,31H,3-4,9-12,24H2,1-2H3,(H,28,34)(H,29,33)(H,30,32)(H,35,36)(H4,25,26,27). The number of hydrogen-bond donors (Lipinski definition) is 8. The van der Waals surface area contributed by atoms with Gasteiger partial charge < -0.3 is 43.4 Å². The van der Waals surface area contributed by atoms with Gasteiger partial charge in [-0.15, -0.1) is 0 Å². The fraction of sp³-hybridized carbons (Fsp3) is 0.522. The summed E-state index contributed by atoms with van der Waals surface area (Å²) in [5.41, 5.74) is 17.0. The van der Waals surface area contributed by atoms with Crippen molar-refractivity contribution in [2.75, 3.05) is 18.6 Å². The van der Waals surface area contributed by atoms with Crippen LogP contribution in [0.3, 0.4) is 0 Å². The number of aliphatic imine (C=N–C) groups is 1. The molecule has 0 aliphatic rings. The number of phenolic OH excluding ortho intramolecular Hbond substituents is 1. The molecule has 0 aromatic heterocycles. The average Bonchev–Trinajstić information content (AvgIpc) is 2.83. The highest BCUT2D eigenvalue weighted by Crippen LogP contribution is 2.12. The van der Waals surface area contributed by atoms with Crippen molar-refractivity contribution in [2.45, 2.75) is 56.8 Å². The van der Waals surface area contributed by atoms with Crippen LogP contribution in [-0.2, 0) is 25.6 Å². The Morgan fingerprint density at radius 1 is 0.946 bits per heavy atom. The van der Waals surface area contributed by atoms with E-state index in [0.717, 1.165) is 0 Å². The number of carboxylic acid groups (broad SMARTS) is 1. The Labute approximate surface area is 220 Å². The number of carbonyl (C=O) groups is 4. The lowest BCUT2D eigenvalue weighted by Crippen LogP contribution is -2.57. The van der Waals surface area contributed by atoms with E-state index in [-0.39, 0.29) is 37.5 Å². The fourth-order valence-electron chi connectivity index (χ4n) is 3.19. The molecule has 0 saturated carbocycles. The van der Waals surface area contributed by atoms with Gasteiger partial charge in [-0.25, -0.2) is 4.79 Å². The zero-order valence-electron chi connectivity index (χ0n) is 21.0. The molecule has 11 N–H and O–H groups in total. The average molecular weight is 540 g/mol. The Hall–Kier alpha value is -3.52. The molecule has 0 bridgehead atoms. The Morgan fingerprint density at radius 3 is 2.05 bits per heavy atom. The number of hydrogen-bond acceptors (Lipinski definition) is 8. The Kier molecular flexibility index (Phi) is 13.9. The molecule has 0 spiro atoms. The third kappa shape index (κ3) is 12.3. The SMILES string of the molecule is CSCCC(NC(=O)C(CCCN=C(N)N)NC(=O)C(Cc1ccc(O)cc1)NC(=O)C(C)N)C(=O)O. The number of rotatable bonds is 16. The first-order chi connectivity index (χ1) is 17.4. The van der Waals surface area contributed by atoms with E-state index in [4.69, 9.17) is 17.2 Å². The summed E-state index contributed by atoms with van der Waals surface area (Å²) in [5.74, 6) is -2.69. The van der Waals surface area contributed by atoms with E-state index in [0.29, 0.717) is 17.7 Å². The summed E-state index contributed by atoms with van der Waals surface area (Å²) in [7, 11) is 0. The first-order valence-corrected chi connectivity index (χ1v) is 13.1. The lowest BCUT2D eigenvalue weighted by atomic mass is 10.0. The Bertz CT molecular complexity index is 938.